The molecule has 0 aliphatic heterocycles. The number of ketones is 1. The maximum absolute atomic E-state index is 14.0. The molecule has 6 atom stereocenters. The van der Waals surface area contributed by atoms with Crippen LogP contribution in [0, 0.1) is 33.0 Å². The normalized spacial score (nSPS) is 26.3. The lowest BCUT2D eigenvalue weighted by atomic mass is 9.34. The third kappa shape index (κ3) is 10.9. The topological polar surface area (TPSA) is 217 Å². The number of ether oxygens (including phenoxy) is 4. The Kier molecular flexibility index (Phi) is 15.6. The summed E-state index contributed by atoms with van der Waals surface area (Å²) >= 11 is 1.48. The Labute approximate surface area is 472 Å². The standard InChI is InChI=1S/C62H77N7O10S/c1-38-42-16-18-48-60(7,43(42)34-46(70)52(38)71)22-24-62(9)49-36-59(6,20-19-58(49,5)21-23-61(48,62)8)53(72)63-25-10-27-75-29-31-77-32-30-76-28-26-64-56(74)78-41-15-17-45-47(33-41)80-55-66-44(37-69(45)55)39-11-13-40(14-12-39)65-54(73)67-51-35-50(79-68-51)57(2,3)4/h11-18,33-35,37,49,71H,10,19-32,36H2,1-9H3,(H,63,72)(H,64,74)(H2,65,67,68,73)/t49-,58-,59-,60+,61-,62+/m1/s1. The molecule has 0 spiro atoms. The van der Waals surface area contributed by atoms with Crippen LogP contribution in [0.2, 0.25) is 0 Å². The molecule has 5 aromatic rings. The number of aliphatic hydroxyl groups is 1. The lowest BCUT2D eigenvalue weighted by Crippen LogP contribution is -2.62. The number of aromatic nitrogens is 3. The molecular weight excluding hydrogens is 1030 g/mol. The van der Waals surface area contributed by atoms with Gasteiger partial charge in [-0.15, -0.1) is 0 Å². The van der Waals surface area contributed by atoms with E-state index in [1.54, 1.807) is 18.2 Å². The summed E-state index contributed by atoms with van der Waals surface area (Å²) in [5, 5.41) is 26.0. The molecule has 5 aliphatic rings. The largest absolute Gasteiger partial charge is 0.504 e. The summed E-state index contributed by atoms with van der Waals surface area (Å²) in [5.41, 5.74) is 6.37. The Hall–Kier alpha value is -6.60. The molecule has 4 amide bonds. The number of imidazole rings is 1. The van der Waals surface area contributed by atoms with E-state index in [0.29, 0.717) is 87.1 Å². The minimum absolute atomic E-state index is 0.0196. The molecule has 3 aromatic heterocycles. The predicted molar refractivity (Wildman–Crippen MR) is 309 cm³/mol. The van der Waals surface area contributed by atoms with Crippen molar-refractivity contribution in [2.24, 2.45) is 33.0 Å². The minimum atomic E-state index is -0.581. The molecule has 0 bridgehead atoms. The number of hydrogen-bond donors (Lipinski definition) is 5. The molecule has 0 unspecified atom stereocenters. The summed E-state index contributed by atoms with van der Waals surface area (Å²) in [6.07, 6.45) is 15.1. The lowest BCUT2D eigenvalue weighted by molar-refractivity contribution is -0.169. The van der Waals surface area contributed by atoms with Crippen molar-refractivity contribution in [3.8, 4) is 17.0 Å². The van der Waals surface area contributed by atoms with Gasteiger partial charge in [-0.1, -0.05) is 102 Å². The number of urea groups is 1. The van der Waals surface area contributed by atoms with E-state index < -0.39 is 17.5 Å². The molecule has 5 N–H and O–H groups in total. The number of allylic oxidation sites excluding steroid dienone is 7. The molecule has 3 saturated carbocycles. The van der Waals surface area contributed by atoms with Gasteiger partial charge >= 0.3 is 12.1 Å². The first-order valence-corrected chi connectivity index (χ1v) is 29.0. The van der Waals surface area contributed by atoms with Crippen LogP contribution in [0.15, 0.2) is 106 Å². The van der Waals surface area contributed by atoms with Gasteiger partial charge < -0.3 is 44.5 Å². The van der Waals surface area contributed by atoms with E-state index in [-0.39, 0.29) is 51.1 Å². The summed E-state index contributed by atoms with van der Waals surface area (Å²) in [6, 6.07) is 14.1. The average Bonchev–Trinajstić information content (AvgIpc) is 3.52. The second kappa shape index (κ2) is 22.0. The number of benzene rings is 2. The van der Waals surface area contributed by atoms with E-state index in [9.17, 15) is 24.3 Å². The number of fused-ring (bicyclic) bond motifs is 10. The van der Waals surface area contributed by atoms with Crippen molar-refractivity contribution in [3.05, 3.63) is 107 Å². The Morgan fingerprint density at radius 1 is 0.838 bits per heavy atom. The predicted octanol–water partition coefficient (Wildman–Crippen LogP) is 12.4. The fraction of sp³-hybridized carbons (Fsp3) is 0.516. The molecule has 0 saturated heterocycles. The van der Waals surface area contributed by atoms with E-state index in [0.717, 1.165) is 82.5 Å². The second-order valence-electron chi connectivity index (χ2n) is 24.9. The number of hydrogen-bond acceptors (Lipinski definition) is 13. The Bertz CT molecular complexity index is 3340. The van der Waals surface area contributed by atoms with Gasteiger partial charge in [-0.2, -0.15) is 0 Å². The van der Waals surface area contributed by atoms with E-state index in [2.05, 4.69) is 73.2 Å². The van der Waals surface area contributed by atoms with Gasteiger partial charge in [0.1, 0.15) is 11.5 Å². The SMILES string of the molecule is CC1=C(O)C(=O)C=C2C1=CC=C1[C@@]2(C)CC[C@@]2(C)[C@@H]3C[C@](C)(C(=O)NCCCOCCOCCOCCNC(=O)Oc4ccc5c(c4)sc4nc(-c6ccc(NC(=O)Nc7cc(C(C)(C)C)on7)cc6)cn45)CC[C@]3(C)CC[C@]12C. The second-order valence-corrected chi connectivity index (χ2v) is 25.9. The molecule has 2 aromatic carbocycles. The first-order valence-electron chi connectivity index (χ1n) is 28.2. The zero-order valence-corrected chi connectivity index (χ0v) is 48.5. The van der Waals surface area contributed by atoms with Crippen LogP contribution in [0.3, 0.4) is 0 Å². The van der Waals surface area contributed by atoms with Crippen LogP contribution in [-0.2, 0) is 29.2 Å². The molecule has 17 nitrogen and oxygen atoms in total. The fourth-order valence-electron chi connectivity index (χ4n) is 13.5. The third-order valence-corrected chi connectivity index (χ3v) is 19.7. The summed E-state index contributed by atoms with van der Waals surface area (Å²) < 4.78 is 30.9. The number of carbonyl (C=O) groups is 4. The van der Waals surface area contributed by atoms with Crippen LogP contribution >= 0.6 is 11.3 Å². The van der Waals surface area contributed by atoms with Crippen LogP contribution < -0.4 is 26.0 Å². The fourth-order valence-corrected chi connectivity index (χ4v) is 14.6. The van der Waals surface area contributed by atoms with E-state index in [1.165, 1.54) is 16.9 Å². The van der Waals surface area contributed by atoms with Crippen molar-refractivity contribution >= 4 is 61.8 Å². The number of aliphatic hydroxyl groups excluding tert-OH is 1. The molecule has 5 aliphatic carbocycles. The smallest absolute Gasteiger partial charge is 0.412 e. The summed E-state index contributed by atoms with van der Waals surface area (Å²) in [4.78, 5) is 57.7. The number of nitrogens with one attached hydrogen (secondary N) is 4. The number of carbonyl (C=O) groups excluding carboxylic acids is 4. The van der Waals surface area contributed by atoms with Crippen molar-refractivity contribution in [3.63, 3.8) is 0 Å². The van der Waals surface area contributed by atoms with E-state index in [1.807, 2.05) is 74.7 Å². The summed E-state index contributed by atoms with van der Waals surface area (Å²) in [6.45, 7) is 23.0. The van der Waals surface area contributed by atoms with Crippen molar-refractivity contribution < 1.29 is 47.8 Å². The number of anilines is 2. The van der Waals surface area contributed by atoms with Crippen molar-refractivity contribution in [1.82, 2.24) is 25.2 Å². The van der Waals surface area contributed by atoms with Gasteiger partial charge in [0, 0.05) is 71.1 Å². The molecule has 0 radical (unpaired) electrons. The first-order chi connectivity index (χ1) is 38.0. The van der Waals surface area contributed by atoms with E-state index in [4.69, 9.17) is 28.5 Å². The molecule has 3 heterocycles. The van der Waals surface area contributed by atoms with Gasteiger partial charge in [-0.25, -0.2) is 14.6 Å². The number of thiazole rings is 1. The van der Waals surface area contributed by atoms with Gasteiger partial charge in [0.25, 0.3) is 0 Å². The van der Waals surface area contributed by atoms with Crippen molar-refractivity contribution in [2.75, 3.05) is 63.4 Å². The maximum Gasteiger partial charge on any atom is 0.412 e. The van der Waals surface area contributed by atoms with Gasteiger partial charge in [0.05, 0.1) is 48.9 Å². The lowest BCUT2D eigenvalue weighted by Gasteiger charge is -2.70. The van der Waals surface area contributed by atoms with Crippen LogP contribution in [0.5, 0.6) is 5.75 Å². The van der Waals surface area contributed by atoms with Crippen LogP contribution in [0.1, 0.15) is 119 Å². The number of nitrogens with zero attached hydrogens (tertiary/aromatic N) is 3. The van der Waals surface area contributed by atoms with Gasteiger partial charge in [-0.05, 0) is 122 Å². The average molecular weight is 1110 g/mol. The van der Waals surface area contributed by atoms with Crippen molar-refractivity contribution in [1.29, 1.82) is 0 Å². The van der Waals surface area contributed by atoms with Crippen LogP contribution in [0.25, 0.3) is 26.4 Å². The Morgan fingerprint density at radius 3 is 2.30 bits per heavy atom. The Morgan fingerprint density at radius 2 is 1.56 bits per heavy atom. The first kappa shape index (κ1) is 56.7. The maximum atomic E-state index is 14.0. The highest BCUT2D eigenvalue weighted by molar-refractivity contribution is 7.23. The molecule has 80 heavy (non-hydrogen) atoms. The summed E-state index contributed by atoms with van der Waals surface area (Å²) in [5.74, 6) is 1.48. The van der Waals surface area contributed by atoms with E-state index >= 15 is 0 Å². The zero-order chi connectivity index (χ0) is 56.8. The minimum Gasteiger partial charge on any atom is -0.504 e. The van der Waals surface area contributed by atoms with Gasteiger partial charge in [-0.3, -0.25) is 19.3 Å². The highest BCUT2D eigenvalue weighted by atomic mass is 32.1. The Balaban J connectivity index is 0.585. The van der Waals surface area contributed by atoms with Crippen LogP contribution in [0.4, 0.5) is 21.1 Å². The molecular formula is C62H77N7O10S. The van der Waals surface area contributed by atoms with Crippen molar-refractivity contribution in [2.45, 2.75) is 119 Å². The molecule has 18 heteroatoms. The zero-order valence-electron chi connectivity index (χ0n) is 47.7. The highest BCUT2D eigenvalue weighted by Crippen LogP contribution is 2.75. The monoisotopic (exact) mass is 1110 g/mol. The molecule has 426 valence electrons. The highest BCUT2D eigenvalue weighted by Gasteiger charge is 2.67. The number of rotatable bonds is 18. The third-order valence-electron chi connectivity index (χ3n) is 18.6. The summed E-state index contributed by atoms with van der Waals surface area (Å²) in [7, 11) is 0. The van der Waals surface area contributed by atoms with Crippen LogP contribution in [-0.4, -0.2) is 96.2 Å². The van der Waals surface area contributed by atoms with Gasteiger partial charge in [0.2, 0.25) is 11.7 Å². The number of amides is 4. The quantitative estimate of drug-likeness (QED) is 0.0518. The molecule has 3 fully saturated rings. The van der Waals surface area contributed by atoms with Gasteiger partial charge in [0.15, 0.2) is 16.5 Å². The molecule has 10 rings (SSSR count).